The number of nitriles is 1. The predicted molar refractivity (Wildman–Crippen MR) is 70.4 cm³/mol. The molecule has 110 valence electrons. The minimum atomic E-state index is -0.443. The second kappa shape index (κ2) is 6.68. The molecule has 2 amide bonds. The van der Waals surface area contributed by atoms with Gasteiger partial charge in [-0.1, -0.05) is 0 Å². The number of hydrogen-bond donors (Lipinski definition) is 2. The minimum absolute atomic E-state index is 0.0309. The molecule has 2 N–H and O–H groups in total. The van der Waals surface area contributed by atoms with E-state index in [-0.39, 0.29) is 30.4 Å². The van der Waals surface area contributed by atoms with Crippen LogP contribution < -0.4 is 5.32 Å². The first-order valence-corrected chi connectivity index (χ1v) is 6.96. The molecule has 2 aliphatic rings. The number of piperidine rings is 1. The Morgan fingerprint density at radius 3 is 2.40 bits per heavy atom. The van der Waals surface area contributed by atoms with Gasteiger partial charge < -0.3 is 20.2 Å². The third-order valence-corrected chi connectivity index (χ3v) is 4.01. The number of carbonyl (C=O) groups is 2. The van der Waals surface area contributed by atoms with Crippen LogP contribution in [0.1, 0.15) is 19.3 Å². The Morgan fingerprint density at radius 1 is 1.20 bits per heavy atom. The van der Waals surface area contributed by atoms with Crippen LogP contribution in [0.3, 0.4) is 0 Å². The summed E-state index contributed by atoms with van der Waals surface area (Å²) in [6.07, 6.45) is 2.32. The second-order valence-electron chi connectivity index (χ2n) is 5.21. The van der Waals surface area contributed by atoms with Gasteiger partial charge in [0.25, 0.3) is 0 Å². The average Bonchev–Trinajstić information content (AvgIpc) is 2.44. The van der Waals surface area contributed by atoms with Crippen LogP contribution in [-0.4, -0.2) is 71.6 Å². The molecular formula is C13H20N4O3. The number of aliphatic hydroxyl groups is 1. The van der Waals surface area contributed by atoms with Gasteiger partial charge in [0.15, 0.2) is 0 Å². The van der Waals surface area contributed by atoms with Gasteiger partial charge in [0.2, 0.25) is 11.8 Å². The zero-order valence-corrected chi connectivity index (χ0v) is 11.4. The van der Waals surface area contributed by atoms with Gasteiger partial charge in [0, 0.05) is 25.7 Å². The lowest BCUT2D eigenvalue weighted by Gasteiger charge is -2.37. The van der Waals surface area contributed by atoms with Gasteiger partial charge in [0.05, 0.1) is 12.6 Å². The fraction of sp³-hybridized carbons (Fsp3) is 0.769. The summed E-state index contributed by atoms with van der Waals surface area (Å²) in [4.78, 5) is 26.4. The van der Waals surface area contributed by atoms with Crippen LogP contribution >= 0.6 is 0 Å². The van der Waals surface area contributed by atoms with Crippen LogP contribution in [-0.2, 0) is 9.59 Å². The Hall–Kier alpha value is -1.65. The van der Waals surface area contributed by atoms with Crippen LogP contribution in [0.4, 0.5) is 0 Å². The van der Waals surface area contributed by atoms with E-state index in [4.69, 9.17) is 10.4 Å². The van der Waals surface area contributed by atoms with Crippen molar-refractivity contribution in [1.29, 1.82) is 5.26 Å². The first-order valence-electron chi connectivity index (χ1n) is 6.96. The normalized spacial score (nSPS) is 23.1. The maximum Gasteiger partial charge on any atom is 0.248 e. The van der Waals surface area contributed by atoms with Crippen molar-refractivity contribution in [1.82, 2.24) is 15.1 Å². The maximum absolute atomic E-state index is 11.9. The van der Waals surface area contributed by atoms with Crippen molar-refractivity contribution >= 4 is 11.8 Å². The molecule has 2 saturated heterocycles. The number of rotatable bonds is 4. The van der Waals surface area contributed by atoms with Gasteiger partial charge in [-0.3, -0.25) is 9.59 Å². The topological polar surface area (TPSA) is 96.7 Å². The number of amides is 2. The molecule has 0 bridgehead atoms. The molecule has 0 unspecified atom stereocenters. The Labute approximate surface area is 118 Å². The summed E-state index contributed by atoms with van der Waals surface area (Å²) in [5.74, 6) is -0.270. The Balaban J connectivity index is 1.67. The maximum atomic E-state index is 11.9. The summed E-state index contributed by atoms with van der Waals surface area (Å²) < 4.78 is 0. The Morgan fingerprint density at radius 2 is 1.90 bits per heavy atom. The van der Waals surface area contributed by atoms with E-state index in [0.29, 0.717) is 19.6 Å². The standard InChI is InChI=1S/C13H20N4O3/c14-7-11-3-6-17(11)12(19)8-15-10-1-4-16(5-2-10)13(20)9-18/h10-11,15,18H,1-6,8-9H2/t11-/m0/s1. The SMILES string of the molecule is N#C[C@@H]1CCN1C(=O)CNC1CCN(C(=O)CO)CC1. The summed E-state index contributed by atoms with van der Waals surface area (Å²) in [5, 5.41) is 20.8. The fourth-order valence-corrected chi connectivity index (χ4v) is 2.59. The smallest absolute Gasteiger partial charge is 0.248 e. The third-order valence-electron chi connectivity index (χ3n) is 4.01. The molecule has 7 nitrogen and oxygen atoms in total. The highest BCUT2D eigenvalue weighted by Crippen LogP contribution is 2.16. The molecule has 2 rings (SSSR count). The van der Waals surface area contributed by atoms with E-state index in [9.17, 15) is 9.59 Å². The zero-order chi connectivity index (χ0) is 14.5. The van der Waals surface area contributed by atoms with Gasteiger partial charge in [-0.15, -0.1) is 0 Å². The molecule has 7 heteroatoms. The molecule has 2 fully saturated rings. The van der Waals surface area contributed by atoms with Crippen molar-refractivity contribution in [2.24, 2.45) is 0 Å². The van der Waals surface area contributed by atoms with Crippen molar-refractivity contribution < 1.29 is 14.7 Å². The van der Waals surface area contributed by atoms with E-state index in [1.165, 1.54) is 0 Å². The lowest BCUT2D eigenvalue weighted by Crippen LogP contribution is -2.54. The molecule has 0 aliphatic carbocycles. The molecule has 1 atom stereocenters. The van der Waals surface area contributed by atoms with Crippen LogP contribution in [0.15, 0.2) is 0 Å². The molecule has 0 aromatic carbocycles. The molecule has 2 heterocycles. The number of nitrogens with zero attached hydrogens (tertiary/aromatic N) is 3. The molecule has 0 saturated carbocycles. The summed E-state index contributed by atoms with van der Waals surface area (Å²) in [6, 6.07) is 2.06. The first-order chi connectivity index (χ1) is 9.65. The van der Waals surface area contributed by atoms with E-state index in [0.717, 1.165) is 19.3 Å². The molecule has 0 aromatic heterocycles. The van der Waals surface area contributed by atoms with Crippen molar-refractivity contribution in [3.8, 4) is 6.07 Å². The molecule has 0 spiro atoms. The van der Waals surface area contributed by atoms with E-state index in [1.807, 2.05) is 0 Å². The lowest BCUT2D eigenvalue weighted by molar-refractivity contribution is -0.137. The quantitative estimate of drug-likeness (QED) is 0.666. The summed E-state index contributed by atoms with van der Waals surface area (Å²) in [5.41, 5.74) is 0. The molecule has 20 heavy (non-hydrogen) atoms. The molecule has 0 radical (unpaired) electrons. The van der Waals surface area contributed by atoms with Crippen molar-refractivity contribution in [3.63, 3.8) is 0 Å². The highest BCUT2D eigenvalue weighted by Gasteiger charge is 2.32. The van der Waals surface area contributed by atoms with Gasteiger partial charge in [-0.2, -0.15) is 5.26 Å². The van der Waals surface area contributed by atoms with E-state index < -0.39 is 6.61 Å². The number of aliphatic hydroxyl groups excluding tert-OH is 1. The number of likely N-dealkylation sites (tertiary alicyclic amines) is 2. The van der Waals surface area contributed by atoms with Gasteiger partial charge in [-0.05, 0) is 19.3 Å². The van der Waals surface area contributed by atoms with E-state index >= 15 is 0 Å². The number of hydrogen-bond acceptors (Lipinski definition) is 5. The van der Waals surface area contributed by atoms with Gasteiger partial charge in [0.1, 0.15) is 12.6 Å². The number of carbonyl (C=O) groups excluding carboxylic acids is 2. The first kappa shape index (κ1) is 14.8. The van der Waals surface area contributed by atoms with E-state index in [2.05, 4.69) is 11.4 Å². The number of nitrogens with one attached hydrogen (secondary N) is 1. The van der Waals surface area contributed by atoms with Gasteiger partial charge >= 0.3 is 0 Å². The summed E-state index contributed by atoms with van der Waals surface area (Å²) in [6.45, 7) is 1.69. The molecule has 0 aromatic rings. The van der Waals surface area contributed by atoms with Crippen LogP contribution in [0.2, 0.25) is 0 Å². The lowest BCUT2D eigenvalue weighted by atomic mass is 10.0. The third kappa shape index (κ3) is 3.26. The summed E-state index contributed by atoms with van der Waals surface area (Å²) >= 11 is 0. The highest BCUT2D eigenvalue weighted by molar-refractivity contribution is 5.80. The Kier molecular flexibility index (Phi) is 4.93. The fourth-order valence-electron chi connectivity index (χ4n) is 2.59. The Bertz CT molecular complexity index is 412. The van der Waals surface area contributed by atoms with Crippen molar-refractivity contribution in [2.45, 2.75) is 31.3 Å². The van der Waals surface area contributed by atoms with E-state index in [1.54, 1.807) is 9.80 Å². The monoisotopic (exact) mass is 280 g/mol. The van der Waals surface area contributed by atoms with Crippen molar-refractivity contribution in [3.05, 3.63) is 0 Å². The summed E-state index contributed by atoms with van der Waals surface area (Å²) in [7, 11) is 0. The minimum Gasteiger partial charge on any atom is -0.387 e. The largest absolute Gasteiger partial charge is 0.387 e. The van der Waals surface area contributed by atoms with Crippen molar-refractivity contribution in [2.75, 3.05) is 32.8 Å². The zero-order valence-electron chi connectivity index (χ0n) is 11.4. The second-order valence-corrected chi connectivity index (χ2v) is 5.21. The highest BCUT2D eigenvalue weighted by atomic mass is 16.3. The molecular weight excluding hydrogens is 260 g/mol. The van der Waals surface area contributed by atoms with Crippen LogP contribution in [0.25, 0.3) is 0 Å². The predicted octanol–water partition coefficient (Wildman–Crippen LogP) is -1.32. The van der Waals surface area contributed by atoms with Gasteiger partial charge in [-0.25, -0.2) is 0 Å². The van der Waals surface area contributed by atoms with Crippen LogP contribution in [0.5, 0.6) is 0 Å². The average molecular weight is 280 g/mol. The molecule has 2 aliphatic heterocycles. The van der Waals surface area contributed by atoms with Crippen LogP contribution in [0, 0.1) is 11.3 Å².